The Bertz CT molecular complexity index is 1540. The number of ether oxygens (including phenoxy) is 2. The van der Waals surface area contributed by atoms with Crippen LogP contribution in [0, 0.1) is 12.7 Å². The van der Waals surface area contributed by atoms with Crippen molar-refractivity contribution >= 4 is 33.3 Å². The van der Waals surface area contributed by atoms with Crippen molar-refractivity contribution in [2.75, 3.05) is 29.3 Å². The summed E-state index contributed by atoms with van der Waals surface area (Å²) >= 11 is 0. The number of nitrogens with one attached hydrogen (secondary N) is 1. The molecule has 0 saturated carbocycles. The van der Waals surface area contributed by atoms with Gasteiger partial charge in [-0.25, -0.2) is 22.6 Å². The fourth-order valence-corrected chi connectivity index (χ4v) is 5.92. The number of piperidine rings is 1. The number of rotatable bonds is 10. The van der Waals surface area contributed by atoms with Crippen molar-refractivity contribution < 1.29 is 32.2 Å². The molecule has 3 aromatic rings. The van der Waals surface area contributed by atoms with E-state index in [0.717, 1.165) is 12.1 Å². The Morgan fingerprint density at radius 1 is 1.27 bits per heavy atom. The van der Waals surface area contributed by atoms with Gasteiger partial charge in [0.25, 0.3) is 10.0 Å². The van der Waals surface area contributed by atoms with Crippen LogP contribution < -0.4 is 9.62 Å². The zero-order chi connectivity index (χ0) is 30.2. The monoisotopic (exact) mass is 588 g/mol. The van der Waals surface area contributed by atoms with Gasteiger partial charge in [0.05, 0.1) is 28.9 Å². The van der Waals surface area contributed by atoms with Gasteiger partial charge >= 0.3 is 5.97 Å². The zero-order valence-electron chi connectivity index (χ0n) is 24.0. The average Bonchev–Trinajstić information content (AvgIpc) is 3.26. The highest BCUT2D eigenvalue weighted by molar-refractivity contribution is 7.92. The maximum Gasteiger partial charge on any atom is 0.337 e. The van der Waals surface area contributed by atoms with Crippen LogP contribution in [0.25, 0.3) is 5.65 Å². The van der Waals surface area contributed by atoms with Crippen molar-refractivity contribution in [3.8, 4) is 0 Å². The van der Waals surface area contributed by atoms with Crippen LogP contribution >= 0.6 is 0 Å². The lowest BCUT2D eigenvalue weighted by molar-refractivity contribution is -0.160. The maximum absolute atomic E-state index is 13.4. The summed E-state index contributed by atoms with van der Waals surface area (Å²) in [5.74, 6) is -1.10. The van der Waals surface area contributed by atoms with E-state index in [0.29, 0.717) is 55.1 Å². The number of aromatic nitrogens is 2. The molecule has 0 bridgehead atoms. The predicted molar refractivity (Wildman–Crippen MR) is 154 cm³/mol. The molecule has 12 heteroatoms. The summed E-state index contributed by atoms with van der Waals surface area (Å²) in [5.41, 5.74) is 0.396. The second-order valence-electron chi connectivity index (χ2n) is 11.5. The number of imidazole rings is 1. The molecule has 0 aliphatic carbocycles. The molecule has 3 heterocycles. The molecule has 1 aliphatic heterocycles. The fourth-order valence-electron chi connectivity index (χ4n) is 4.93. The van der Waals surface area contributed by atoms with Gasteiger partial charge in [-0.05, 0) is 83.4 Å². The van der Waals surface area contributed by atoms with Crippen LogP contribution in [0.4, 0.5) is 16.0 Å². The van der Waals surface area contributed by atoms with Crippen LogP contribution in [0.1, 0.15) is 57.8 Å². The third kappa shape index (κ3) is 6.88. The van der Waals surface area contributed by atoms with Crippen molar-refractivity contribution in [2.24, 2.45) is 0 Å². The van der Waals surface area contributed by atoms with Crippen molar-refractivity contribution in [1.29, 1.82) is 0 Å². The number of nitrogens with zero attached hydrogens (tertiary/aromatic N) is 3. The summed E-state index contributed by atoms with van der Waals surface area (Å²) < 4.78 is 55.6. The number of carboxylic acid groups (broad SMARTS) is 1. The third-order valence-corrected chi connectivity index (χ3v) is 8.33. The number of fused-ring (bicyclic) bond motifs is 1. The second kappa shape index (κ2) is 11.4. The van der Waals surface area contributed by atoms with E-state index < -0.39 is 33.5 Å². The Morgan fingerprint density at radius 2 is 1.90 bits per heavy atom. The highest BCUT2D eigenvalue weighted by atomic mass is 32.2. The van der Waals surface area contributed by atoms with Crippen molar-refractivity contribution in [1.82, 2.24) is 9.38 Å². The molecule has 1 unspecified atom stereocenters. The largest absolute Gasteiger partial charge is 0.479 e. The summed E-state index contributed by atoms with van der Waals surface area (Å²) in [6.07, 6.45) is 3.29. The minimum Gasteiger partial charge on any atom is -0.479 e. The predicted octanol–water partition coefficient (Wildman–Crippen LogP) is 5.08. The number of anilines is 2. The number of carbonyl (C=O) groups is 1. The molecule has 4 rings (SSSR count). The molecule has 222 valence electrons. The van der Waals surface area contributed by atoms with Gasteiger partial charge in [0, 0.05) is 18.7 Å². The number of hydrogen-bond donors (Lipinski definition) is 2. The number of hydrogen-bond acceptors (Lipinski definition) is 7. The number of aryl methyl sites for hydroxylation is 1. The van der Waals surface area contributed by atoms with Gasteiger partial charge in [-0.15, -0.1) is 6.58 Å². The Kier molecular flexibility index (Phi) is 8.49. The molecule has 0 amide bonds. The van der Waals surface area contributed by atoms with E-state index in [-0.39, 0.29) is 16.3 Å². The molecule has 2 aromatic heterocycles. The molecule has 1 fully saturated rings. The number of sulfonamides is 1. The van der Waals surface area contributed by atoms with E-state index in [1.165, 1.54) is 18.3 Å². The first-order valence-electron chi connectivity index (χ1n) is 13.3. The lowest BCUT2D eigenvalue weighted by Crippen LogP contribution is -2.45. The number of aliphatic carboxylic acids is 1. The van der Waals surface area contributed by atoms with Crippen LogP contribution in [0.2, 0.25) is 0 Å². The molecule has 1 saturated heterocycles. The molecule has 1 atom stereocenters. The molecular weight excluding hydrogens is 551 g/mol. The first-order chi connectivity index (χ1) is 19.1. The Morgan fingerprint density at radius 3 is 2.46 bits per heavy atom. The van der Waals surface area contributed by atoms with Crippen LogP contribution in [-0.2, 0) is 24.3 Å². The number of halogens is 1. The normalized spacial score (nSPS) is 16.5. The summed E-state index contributed by atoms with van der Waals surface area (Å²) in [5, 5.41) is 10.3. The number of pyridine rings is 1. The van der Waals surface area contributed by atoms with Gasteiger partial charge in [-0.1, -0.05) is 6.08 Å². The van der Waals surface area contributed by atoms with Gasteiger partial charge in [0.15, 0.2) is 11.9 Å². The zero-order valence-corrected chi connectivity index (χ0v) is 24.8. The van der Waals surface area contributed by atoms with Crippen molar-refractivity contribution in [3.05, 3.63) is 66.1 Å². The summed E-state index contributed by atoms with van der Waals surface area (Å²) in [6.45, 7) is 14.5. The topological polar surface area (TPSA) is 122 Å². The molecule has 1 aliphatic rings. The average molecular weight is 589 g/mol. The maximum atomic E-state index is 13.4. The molecule has 10 nitrogen and oxygen atoms in total. The van der Waals surface area contributed by atoms with Crippen LogP contribution in [0.5, 0.6) is 0 Å². The first kappa shape index (κ1) is 30.5. The van der Waals surface area contributed by atoms with Gasteiger partial charge in [0.2, 0.25) is 0 Å². The van der Waals surface area contributed by atoms with Gasteiger partial charge in [-0.2, -0.15) is 0 Å². The Hall–Kier alpha value is -3.48. The Labute approximate surface area is 239 Å². The van der Waals surface area contributed by atoms with E-state index in [1.807, 2.05) is 6.92 Å². The molecule has 2 N–H and O–H groups in total. The fraction of sp³-hybridized carbons (Fsp3) is 0.448. The summed E-state index contributed by atoms with van der Waals surface area (Å²) in [7, 11) is -4.06. The molecule has 0 radical (unpaired) electrons. The lowest BCUT2D eigenvalue weighted by Gasteiger charge is -2.41. The summed E-state index contributed by atoms with van der Waals surface area (Å²) in [6, 6.07) is 6.17. The van der Waals surface area contributed by atoms with Gasteiger partial charge < -0.3 is 19.5 Å². The quantitative estimate of drug-likeness (QED) is 0.314. The standard InChI is InChI=1S/C29H37FN4O6S/c1-7-16-39-29(6)12-14-33(15-13-29)26-24(25(27(35)36)40-28(3,4)5)19(2)17-23-31-22(18-34(23)26)32-41(37,38)21-10-8-20(30)9-11-21/h7-11,17-18,25,32H,1,12-16H2,2-6H3,(H,35,36). The van der Waals surface area contributed by atoms with Crippen LogP contribution in [0.15, 0.2) is 54.1 Å². The van der Waals surface area contributed by atoms with E-state index >= 15 is 0 Å². The van der Waals surface area contributed by atoms with Gasteiger partial charge in [-0.3, -0.25) is 9.12 Å². The first-order valence-corrected chi connectivity index (χ1v) is 14.8. The highest BCUT2D eigenvalue weighted by Gasteiger charge is 2.37. The third-order valence-electron chi connectivity index (χ3n) is 6.96. The van der Waals surface area contributed by atoms with E-state index in [1.54, 1.807) is 44.2 Å². The number of carboxylic acids is 1. The Balaban J connectivity index is 1.82. The van der Waals surface area contributed by atoms with Crippen LogP contribution in [-0.4, -0.2) is 59.8 Å². The van der Waals surface area contributed by atoms with Crippen molar-refractivity contribution in [3.63, 3.8) is 0 Å². The highest BCUT2D eigenvalue weighted by Crippen LogP contribution is 2.39. The molecule has 1 aromatic carbocycles. The molecule has 0 spiro atoms. The molecule has 41 heavy (non-hydrogen) atoms. The molecular formula is C29H37FN4O6S. The number of benzene rings is 1. The minimum absolute atomic E-state index is 0.0342. The minimum atomic E-state index is -4.06. The van der Waals surface area contributed by atoms with Crippen molar-refractivity contribution in [2.45, 2.75) is 69.7 Å². The smallest absolute Gasteiger partial charge is 0.337 e. The summed E-state index contributed by atoms with van der Waals surface area (Å²) in [4.78, 5) is 19.0. The van der Waals surface area contributed by atoms with Gasteiger partial charge in [0.1, 0.15) is 17.3 Å². The van der Waals surface area contributed by atoms with E-state index in [9.17, 15) is 22.7 Å². The van der Waals surface area contributed by atoms with E-state index in [4.69, 9.17) is 9.47 Å². The lowest BCUT2D eigenvalue weighted by atomic mass is 9.92. The van der Waals surface area contributed by atoms with Crippen LogP contribution in [0.3, 0.4) is 0 Å². The SMILES string of the molecule is C=CCOC1(C)CCN(c2c(C(OC(C)(C)C)C(=O)O)c(C)cc3nc(NS(=O)(=O)c4ccc(F)cc4)cn23)CC1. The second-order valence-corrected chi connectivity index (χ2v) is 13.1. The van der Waals surface area contributed by atoms with E-state index in [2.05, 4.69) is 21.2 Å².